The van der Waals surface area contributed by atoms with E-state index in [0.717, 1.165) is 80.4 Å². The fourth-order valence-corrected chi connectivity index (χ4v) is 7.85. The van der Waals surface area contributed by atoms with Crippen molar-refractivity contribution in [2.24, 2.45) is 0 Å². The monoisotopic (exact) mass is 732 g/mol. The average Bonchev–Trinajstić information content (AvgIpc) is 3.49. The molecule has 0 radical (unpaired) electrons. The van der Waals surface area contributed by atoms with Gasteiger partial charge in [0.05, 0.1) is 65.2 Å². The standard InChI is InChI=1S/C22H22N4O2.C22H22N4O/c1-14-8-15(6-7-23-14)16-10-24-25(11-16)17-4-5-19-20(9-17)26(18-12-28-13-18)21(27)22(19,2)3;1-14-4-5-15(11-23-14)16-12-24-25(13-16)18-8-9-19-20(10-18)26(17-6-7-17)21(27)22(19,2)3/h4-11,18H,12-13H2,1-3H3;4-5,8-13,17H,6-7H2,1-3H3. The molecular weight excluding hydrogens is 689 g/mol. The maximum absolute atomic E-state index is 13.0. The molecule has 55 heavy (non-hydrogen) atoms. The second-order valence-electron chi connectivity index (χ2n) is 16.1. The lowest BCUT2D eigenvalue weighted by molar-refractivity contribution is -0.124. The fourth-order valence-electron chi connectivity index (χ4n) is 7.85. The van der Waals surface area contributed by atoms with Crippen molar-refractivity contribution in [3.05, 3.63) is 120 Å². The van der Waals surface area contributed by atoms with Crippen LogP contribution in [0.4, 0.5) is 11.4 Å². The molecule has 2 aromatic carbocycles. The lowest BCUT2D eigenvalue weighted by Gasteiger charge is -2.35. The summed E-state index contributed by atoms with van der Waals surface area (Å²) in [5.41, 5.74) is 11.3. The first kappa shape index (κ1) is 34.8. The number of hydrogen-bond donors (Lipinski definition) is 0. The van der Waals surface area contributed by atoms with Crippen LogP contribution < -0.4 is 9.80 Å². The molecule has 4 aliphatic rings. The van der Waals surface area contributed by atoms with Crippen LogP contribution in [0, 0.1) is 13.8 Å². The van der Waals surface area contributed by atoms with Crippen molar-refractivity contribution in [1.82, 2.24) is 29.5 Å². The number of aromatic nitrogens is 6. The number of carbonyl (C=O) groups is 2. The second-order valence-corrected chi connectivity index (χ2v) is 16.1. The minimum Gasteiger partial charge on any atom is -0.377 e. The molecule has 3 aliphatic heterocycles. The van der Waals surface area contributed by atoms with Crippen LogP contribution in [-0.2, 0) is 25.2 Å². The third-order valence-corrected chi connectivity index (χ3v) is 11.4. The van der Waals surface area contributed by atoms with Crippen molar-refractivity contribution in [2.75, 3.05) is 23.0 Å². The highest BCUT2D eigenvalue weighted by Gasteiger charge is 2.50. The quantitative estimate of drug-likeness (QED) is 0.177. The molecule has 1 saturated carbocycles. The zero-order valence-electron chi connectivity index (χ0n) is 32.0. The number of amides is 2. The van der Waals surface area contributed by atoms with E-state index >= 15 is 0 Å². The average molecular weight is 733 g/mol. The highest BCUT2D eigenvalue weighted by atomic mass is 16.5. The maximum atomic E-state index is 13.0. The highest BCUT2D eigenvalue weighted by Crippen LogP contribution is 2.47. The number of aryl methyl sites for hydroxylation is 2. The third-order valence-electron chi connectivity index (χ3n) is 11.4. The van der Waals surface area contributed by atoms with Crippen LogP contribution in [0.25, 0.3) is 33.6 Å². The van der Waals surface area contributed by atoms with Crippen LogP contribution in [0.3, 0.4) is 0 Å². The Morgan fingerprint density at radius 3 is 1.65 bits per heavy atom. The van der Waals surface area contributed by atoms with E-state index in [4.69, 9.17) is 4.74 Å². The molecule has 0 bridgehead atoms. The van der Waals surface area contributed by atoms with E-state index in [-0.39, 0.29) is 17.9 Å². The molecule has 0 unspecified atom stereocenters. The number of pyridine rings is 2. The number of ether oxygens (including phenoxy) is 1. The Bertz CT molecular complexity index is 2470. The molecule has 1 aliphatic carbocycles. The summed E-state index contributed by atoms with van der Waals surface area (Å²) < 4.78 is 9.07. The number of carbonyl (C=O) groups excluding carboxylic acids is 2. The molecule has 7 heterocycles. The SMILES string of the molecule is Cc1cc(-c2cnn(-c3ccc4c(c3)N(C3COC3)C(=O)C4(C)C)c2)ccn1.Cc1ccc(-c2cnn(-c3ccc4c(c3)N(C3CC3)C(=O)C4(C)C)c2)cn1. The first-order chi connectivity index (χ1) is 26.4. The summed E-state index contributed by atoms with van der Waals surface area (Å²) in [6.45, 7) is 13.2. The Kier molecular flexibility index (Phi) is 8.12. The van der Waals surface area contributed by atoms with Gasteiger partial charge < -0.3 is 14.5 Å². The molecule has 2 amide bonds. The Morgan fingerprint density at radius 1 is 0.600 bits per heavy atom. The van der Waals surface area contributed by atoms with Crippen LogP contribution in [-0.4, -0.2) is 66.6 Å². The molecule has 6 aromatic rings. The second kappa shape index (κ2) is 12.8. The summed E-state index contributed by atoms with van der Waals surface area (Å²) in [6, 6.07) is 21.0. The van der Waals surface area contributed by atoms with Crippen molar-refractivity contribution < 1.29 is 14.3 Å². The topological polar surface area (TPSA) is 111 Å². The Balaban J connectivity index is 0.000000144. The molecule has 0 spiro atoms. The number of fused-ring (bicyclic) bond motifs is 2. The number of rotatable bonds is 6. The van der Waals surface area contributed by atoms with E-state index in [9.17, 15) is 9.59 Å². The first-order valence-corrected chi connectivity index (χ1v) is 18.9. The zero-order chi connectivity index (χ0) is 38.2. The largest absolute Gasteiger partial charge is 0.377 e. The Hall–Kier alpha value is -5.94. The highest BCUT2D eigenvalue weighted by molar-refractivity contribution is 6.09. The summed E-state index contributed by atoms with van der Waals surface area (Å²) in [5.74, 6) is 0.352. The Labute approximate surface area is 320 Å². The predicted molar refractivity (Wildman–Crippen MR) is 212 cm³/mol. The number of nitrogens with zero attached hydrogens (tertiary/aromatic N) is 8. The summed E-state index contributed by atoms with van der Waals surface area (Å²) >= 11 is 0. The minimum absolute atomic E-state index is 0.122. The van der Waals surface area contributed by atoms with E-state index < -0.39 is 10.8 Å². The molecule has 10 rings (SSSR count). The molecule has 278 valence electrons. The van der Waals surface area contributed by atoms with Gasteiger partial charge in [0, 0.05) is 58.9 Å². The van der Waals surface area contributed by atoms with Gasteiger partial charge in [-0.25, -0.2) is 9.36 Å². The molecule has 1 saturated heterocycles. The smallest absolute Gasteiger partial charge is 0.237 e. The van der Waals surface area contributed by atoms with Gasteiger partial charge in [0.2, 0.25) is 11.8 Å². The summed E-state index contributed by atoms with van der Waals surface area (Å²) in [4.78, 5) is 38.5. The number of anilines is 2. The zero-order valence-corrected chi connectivity index (χ0v) is 32.0. The summed E-state index contributed by atoms with van der Waals surface area (Å²) in [7, 11) is 0. The van der Waals surface area contributed by atoms with Crippen molar-refractivity contribution in [3.63, 3.8) is 0 Å². The molecule has 0 atom stereocenters. The third kappa shape index (κ3) is 5.94. The van der Waals surface area contributed by atoms with E-state index in [2.05, 4.69) is 56.6 Å². The van der Waals surface area contributed by atoms with Crippen LogP contribution in [0.5, 0.6) is 0 Å². The molecule has 11 heteroatoms. The lowest BCUT2D eigenvalue weighted by Crippen LogP contribution is -2.52. The van der Waals surface area contributed by atoms with E-state index in [0.29, 0.717) is 19.3 Å². The lowest BCUT2D eigenvalue weighted by atomic mass is 9.86. The normalized spacial score (nSPS) is 18.1. The van der Waals surface area contributed by atoms with Gasteiger partial charge in [-0.1, -0.05) is 18.2 Å². The van der Waals surface area contributed by atoms with E-state index in [1.165, 1.54) is 0 Å². The fraction of sp³-hybridized carbons (Fsp3) is 0.318. The number of hydrogen-bond acceptors (Lipinski definition) is 7. The van der Waals surface area contributed by atoms with Crippen molar-refractivity contribution in [3.8, 4) is 33.6 Å². The van der Waals surface area contributed by atoms with Gasteiger partial charge in [0.25, 0.3) is 0 Å². The molecular formula is C44H44N8O3. The molecule has 2 fully saturated rings. The van der Waals surface area contributed by atoms with E-state index in [1.807, 2.05) is 122 Å². The van der Waals surface area contributed by atoms with Gasteiger partial charge in [-0.15, -0.1) is 0 Å². The van der Waals surface area contributed by atoms with E-state index in [1.54, 1.807) is 0 Å². The molecule has 11 nitrogen and oxygen atoms in total. The molecule has 0 N–H and O–H groups in total. The van der Waals surface area contributed by atoms with Gasteiger partial charge in [0.1, 0.15) is 0 Å². The van der Waals surface area contributed by atoms with Crippen molar-refractivity contribution in [2.45, 2.75) is 77.3 Å². The van der Waals surface area contributed by atoms with Gasteiger partial charge in [-0.2, -0.15) is 10.2 Å². The summed E-state index contributed by atoms with van der Waals surface area (Å²) in [5, 5.41) is 9.08. The minimum atomic E-state index is -0.521. The van der Waals surface area contributed by atoms with Gasteiger partial charge in [-0.05, 0) is 114 Å². The van der Waals surface area contributed by atoms with Crippen LogP contribution in [0.2, 0.25) is 0 Å². The van der Waals surface area contributed by atoms with Crippen molar-refractivity contribution >= 4 is 23.2 Å². The first-order valence-electron chi connectivity index (χ1n) is 18.9. The number of benzene rings is 2. The van der Waals surface area contributed by atoms with Gasteiger partial charge in [-0.3, -0.25) is 19.6 Å². The van der Waals surface area contributed by atoms with Gasteiger partial charge in [0.15, 0.2) is 0 Å². The molecule has 4 aromatic heterocycles. The van der Waals surface area contributed by atoms with Crippen LogP contribution in [0.15, 0.2) is 97.8 Å². The van der Waals surface area contributed by atoms with Crippen LogP contribution >= 0.6 is 0 Å². The Morgan fingerprint density at radius 2 is 1.16 bits per heavy atom. The van der Waals surface area contributed by atoms with Crippen molar-refractivity contribution in [1.29, 1.82) is 0 Å². The predicted octanol–water partition coefficient (Wildman–Crippen LogP) is 7.30. The summed E-state index contributed by atoms with van der Waals surface area (Å²) in [6.07, 6.45) is 13.6. The maximum Gasteiger partial charge on any atom is 0.237 e. The van der Waals surface area contributed by atoms with Crippen LogP contribution in [0.1, 0.15) is 63.1 Å². The van der Waals surface area contributed by atoms with Gasteiger partial charge >= 0.3 is 0 Å².